The molecule has 0 aliphatic carbocycles. The van der Waals surface area contributed by atoms with Crippen molar-refractivity contribution in [3.63, 3.8) is 0 Å². The van der Waals surface area contributed by atoms with E-state index in [9.17, 15) is 31.5 Å². The topological polar surface area (TPSA) is 77.1 Å². The molecule has 0 radical (unpaired) electrons. The number of hydrogen-bond acceptors (Lipinski definition) is 4. The number of amides is 1. The van der Waals surface area contributed by atoms with Gasteiger partial charge in [0.05, 0.1) is 24.0 Å². The zero-order chi connectivity index (χ0) is 22.8. The van der Waals surface area contributed by atoms with E-state index in [1.54, 1.807) is 6.07 Å². The van der Waals surface area contributed by atoms with Crippen molar-refractivity contribution < 1.29 is 36.0 Å². The van der Waals surface area contributed by atoms with Gasteiger partial charge in [0.1, 0.15) is 17.4 Å². The van der Waals surface area contributed by atoms with Gasteiger partial charge < -0.3 is 9.73 Å². The van der Waals surface area contributed by atoms with Crippen molar-refractivity contribution in [1.29, 1.82) is 0 Å². The number of Topliss-reactive ketones (excluding diaryl/α,β-unsaturated/α-hetero) is 1. The van der Waals surface area contributed by atoms with Crippen LogP contribution in [-0.4, -0.2) is 21.5 Å². The fourth-order valence-electron chi connectivity index (χ4n) is 2.58. The molecule has 2 heterocycles. The van der Waals surface area contributed by atoms with Gasteiger partial charge in [0.15, 0.2) is 11.5 Å². The quantitative estimate of drug-likeness (QED) is 0.344. The lowest BCUT2D eigenvalue weighted by Gasteiger charge is -2.09. The van der Waals surface area contributed by atoms with Gasteiger partial charge in [-0.3, -0.25) is 14.3 Å². The number of halogens is 5. The number of nitrogens with one attached hydrogen (secondary N) is 1. The number of ketones is 1. The fourth-order valence-corrected chi connectivity index (χ4v) is 2.58. The number of carbonyl (C=O) groups excluding carboxylic acids is 2. The first-order valence-electron chi connectivity index (χ1n) is 8.70. The maximum absolute atomic E-state index is 13.8. The first-order chi connectivity index (χ1) is 14.5. The lowest BCUT2D eigenvalue weighted by molar-refractivity contribution is -0.140. The highest BCUT2D eigenvalue weighted by atomic mass is 19.4. The normalized spacial score (nSPS) is 11.8. The molecule has 0 fully saturated rings. The number of furan rings is 1. The predicted molar refractivity (Wildman–Crippen MR) is 99.1 cm³/mol. The van der Waals surface area contributed by atoms with Crippen LogP contribution in [-0.2, 0) is 17.5 Å². The summed E-state index contributed by atoms with van der Waals surface area (Å²) in [6.45, 7) is 1.55. The van der Waals surface area contributed by atoms with Crippen molar-refractivity contribution in [1.82, 2.24) is 9.78 Å². The van der Waals surface area contributed by atoms with Crippen molar-refractivity contribution in [3.8, 4) is 0 Å². The molecule has 0 saturated heterocycles. The van der Waals surface area contributed by atoms with Crippen LogP contribution in [0.25, 0.3) is 6.08 Å². The Balaban J connectivity index is 1.64. The van der Waals surface area contributed by atoms with Crippen molar-refractivity contribution in [2.45, 2.75) is 19.6 Å². The van der Waals surface area contributed by atoms with Crippen LogP contribution in [0.5, 0.6) is 0 Å². The van der Waals surface area contributed by atoms with Gasteiger partial charge in [-0.15, -0.1) is 0 Å². The molecule has 0 spiro atoms. The third-order valence-corrected chi connectivity index (χ3v) is 4.03. The minimum absolute atomic E-state index is 0.0309. The monoisotopic (exact) mass is 439 g/mol. The van der Waals surface area contributed by atoms with Gasteiger partial charge in [-0.25, -0.2) is 8.78 Å². The molecule has 3 aromatic rings. The van der Waals surface area contributed by atoms with Gasteiger partial charge in [-0.05, 0) is 30.3 Å². The van der Waals surface area contributed by atoms with E-state index in [-0.39, 0.29) is 29.8 Å². The van der Waals surface area contributed by atoms with Crippen molar-refractivity contribution >= 4 is 23.5 Å². The lowest BCUT2D eigenvalue weighted by Crippen LogP contribution is -2.10. The second kappa shape index (κ2) is 8.54. The third kappa shape index (κ3) is 5.44. The minimum Gasteiger partial charge on any atom is -0.456 e. The Labute approximate surface area is 172 Å². The molecule has 0 saturated carbocycles. The molecule has 0 aliphatic rings. The number of rotatable bonds is 6. The standard InChI is InChI=1S/C20H14F5N3O3/c1-11(29)18-4-3-14(31-18)10-28-9-13(8-26-28)27-19(30)5-2-12-6-17(22)15(7-16(12)21)20(23,24)25/h2-9H,10H2,1H3,(H,27,30)/b5-2-. The molecule has 162 valence electrons. The Morgan fingerprint density at radius 1 is 1.19 bits per heavy atom. The van der Waals surface area contributed by atoms with Gasteiger partial charge in [0.25, 0.3) is 0 Å². The van der Waals surface area contributed by atoms with Gasteiger partial charge in [-0.1, -0.05) is 0 Å². The summed E-state index contributed by atoms with van der Waals surface area (Å²) in [5.41, 5.74) is -1.98. The van der Waals surface area contributed by atoms with E-state index in [0.29, 0.717) is 11.8 Å². The fraction of sp³-hybridized carbons (Fsp3) is 0.150. The van der Waals surface area contributed by atoms with Crippen molar-refractivity contribution in [2.24, 2.45) is 0 Å². The number of nitrogens with zero attached hydrogens (tertiary/aromatic N) is 2. The zero-order valence-corrected chi connectivity index (χ0v) is 15.8. The van der Waals surface area contributed by atoms with Gasteiger partial charge >= 0.3 is 6.18 Å². The van der Waals surface area contributed by atoms with Crippen LogP contribution in [0, 0.1) is 11.6 Å². The molecule has 1 N–H and O–H groups in total. The molecule has 0 atom stereocenters. The zero-order valence-electron chi connectivity index (χ0n) is 15.8. The number of aromatic nitrogens is 2. The Hall–Kier alpha value is -3.76. The van der Waals surface area contributed by atoms with E-state index in [1.807, 2.05) is 0 Å². The number of carbonyl (C=O) groups is 2. The molecule has 2 aromatic heterocycles. The summed E-state index contributed by atoms with van der Waals surface area (Å²) in [7, 11) is 0. The van der Waals surface area contributed by atoms with Crippen molar-refractivity contribution in [3.05, 3.63) is 77.0 Å². The van der Waals surface area contributed by atoms with Gasteiger partial charge in [0.2, 0.25) is 5.91 Å². The maximum atomic E-state index is 13.8. The van der Waals surface area contributed by atoms with Crippen LogP contribution < -0.4 is 5.32 Å². The largest absolute Gasteiger partial charge is 0.456 e. The number of hydrogen-bond donors (Lipinski definition) is 1. The molecule has 0 unspecified atom stereocenters. The van der Waals surface area contributed by atoms with Crippen LogP contribution in [0.1, 0.15) is 34.4 Å². The predicted octanol–water partition coefficient (Wildman–Crippen LogP) is 4.68. The van der Waals surface area contributed by atoms with E-state index in [1.165, 1.54) is 30.1 Å². The summed E-state index contributed by atoms with van der Waals surface area (Å²) < 4.78 is 71.9. The van der Waals surface area contributed by atoms with Crippen LogP contribution in [0.15, 0.2) is 47.2 Å². The maximum Gasteiger partial charge on any atom is 0.419 e. The summed E-state index contributed by atoms with van der Waals surface area (Å²) in [5.74, 6) is -3.28. The average molecular weight is 439 g/mol. The number of anilines is 1. The first kappa shape index (κ1) is 21.9. The highest BCUT2D eigenvalue weighted by Crippen LogP contribution is 2.32. The van der Waals surface area contributed by atoms with Crippen LogP contribution in [0.3, 0.4) is 0 Å². The van der Waals surface area contributed by atoms with Gasteiger partial charge in [-0.2, -0.15) is 18.3 Å². The summed E-state index contributed by atoms with van der Waals surface area (Å²) in [6, 6.07) is 3.52. The van der Waals surface area contributed by atoms with E-state index < -0.39 is 34.8 Å². The second-order valence-electron chi connectivity index (χ2n) is 6.42. The molecular weight excluding hydrogens is 425 g/mol. The highest BCUT2D eigenvalue weighted by Gasteiger charge is 2.35. The molecule has 6 nitrogen and oxygen atoms in total. The Morgan fingerprint density at radius 2 is 1.94 bits per heavy atom. The SMILES string of the molecule is CC(=O)c1ccc(Cn2cc(NC(=O)/C=C\c3cc(F)c(C(F)(F)F)cc3F)cn2)o1. The molecule has 11 heteroatoms. The van der Waals surface area contributed by atoms with E-state index in [2.05, 4.69) is 10.4 Å². The summed E-state index contributed by atoms with van der Waals surface area (Å²) >= 11 is 0. The van der Waals surface area contributed by atoms with Crippen LogP contribution in [0.2, 0.25) is 0 Å². The van der Waals surface area contributed by atoms with Crippen LogP contribution in [0.4, 0.5) is 27.6 Å². The molecule has 3 rings (SSSR count). The summed E-state index contributed by atoms with van der Waals surface area (Å²) in [6.07, 6.45) is -0.564. The average Bonchev–Trinajstić information content (AvgIpc) is 3.31. The van der Waals surface area contributed by atoms with Gasteiger partial charge in [0, 0.05) is 24.8 Å². The van der Waals surface area contributed by atoms with Crippen molar-refractivity contribution in [2.75, 3.05) is 5.32 Å². The van der Waals surface area contributed by atoms with E-state index in [4.69, 9.17) is 4.42 Å². The smallest absolute Gasteiger partial charge is 0.419 e. The summed E-state index contributed by atoms with van der Waals surface area (Å²) in [4.78, 5) is 23.2. The lowest BCUT2D eigenvalue weighted by atomic mass is 10.1. The number of alkyl halides is 3. The highest BCUT2D eigenvalue weighted by molar-refractivity contribution is 6.01. The Kier molecular flexibility index (Phi) is 6.04. The summed E-state index contributed by atoms with van der Waals surface area (Å²) in [5, 5.41) is 6.43. The van der Waals surface area contributed by atoms with E-state index >= 15 is 0 Å². The minimum atomic E-state index is -5.03. The third-order valence-electron chi connectivity index (χ3n) is 4.03. The Bertz CT molecular complexity index is 1160. The van der Waals surface area contributed by atoms with E-state index in [0.717, 1.165) is 12.2 Å². The molecule has 0 bridgehead atoms. The molecule has 1 aromatic carbocycles. The Morgan fingerprint density at radius 3 is 2.58 bits per heavy atom. The molecular formula is C20H14F5N3O3. The van der Waals surface area contributed by atoms with Crippen LogP contribution >= 0.6 is 0 Å². The molecule has 31 heavy (non-hydrogen) atoms. The number of benzene rings is 1. The second-order valence-corrected chi connectivity index (χ2v) is 6.42. The molecule has 0 aliphatic heterocycles. The first-order valence-corrected chi connectivity index (χ1v) is 8.70. The molecule has 1 amide bonds.